The normalized spacial score (nSPS) is 19.6. The van der Waals surface area contributed by atoms with Crippen LogP contribution in [0.5, 0.6) is 28.7 Å². The summed E-state index contributed by atoms with van der Waals surface area (Å²) in [7, 11) is 3.24. The minimum Gasteiger partial charge on any atom is -0.497 e. The quantitative estimate of drug-likeness (QED) is 0.803. The van der Waals surface area contributed by atoms with Crippen LogP contribution in [0.15, 0.2) is 41.7 Å². The number of methoxy groups -OCH3 is 2. The number of hydrogen-bond acceptors (Lipinski definition) is 6. The highest BCUT2D eigenvalue weighted by Crippen LogP contribution is 2.52. The van der Waals surface area contributed by atoms with Gasteiger partial charge < -0.3 is 23.7 Å². The lowest BCUT2D eigenvalue weighted by Crippen LogP contribution is -2.25. The maximum absolute atomic E-state index is 12.9. The molecule has 2 heterocycles. The molecule has 1 aliphatic carbocycles. The number of Topliss-reactive ketones (excluding diaryl/α,β-unsaturated/α-hetero) is 1. The SMILES string of the molecule is COc1ccc([C@@H]2C3=C(CCCC3=O)Oc3cc4c(cc32)OCO4)c(OC)c1. The van der Waals surface area contributed by atoms with E-state index in [1.54, 1.807) is 14.2 Å². The highest BCUT2D eigenvalue weighted by molar-refractivity contribution is 5.99. The van der Waals surface area contributed by atoms with Gasteiger partial charge in [-0.2, -0.15) is 0 Å². The van der Waals surface area contributed by atoms with Gasteiger partial charge in [-0.05, 0) is 18.6 Å². The summed E-state index contributed by atoms with van der Waals surface area (Å²) in [6.45, 7) is 0.181. The van der Waals surface area contributed by atoms with Crippen LogP contribution in [0.25, 0.3) is 0 Å². The van der Waals surface area contributed by atoms with E-state index in [9.17, 15) is 4.79 Å². The van der Waals surface area contributed by atoms with Crippen LogP contribution >= 0.6 is 0 Å². The van der Waals surface area contributed by atoms with Crippen LogP contribution in [0.4, 0.5) is 0 Å². The summed E-state index contributed by atoms with van der Waals surface area (Å²) in [6, 6.07) is 9.44. The number of ether oxygens (including phenoxy) is 5. The van der Waals surface area contributed by atoms with Crippen molar-refractivity contribution in [3.05, 3.63) is 52.8 Å². The minimum absolute atomic E-state index is 0.118. The van der Waals surface area contributed by atoms with Crippen molar-refractivity contribution < 1.29 is 28.5 Å². The Bertz CT molecular complexity index is 1010. The van der Waals surface area contributed by atoms with Gasteiger partial charge in [0.25, 0.3) is 0 Å². The molecule has 2 aromatic carbocycles. The van der Waals surface area contributed by atoms with E-state index in [0.29, 0.717) is 40.7 Å². The van der Waals surface area contributed by atoms with E-state index >= 15 is 0 Å². The third kappa shape index (κ3) is 2.52. The van der Waals surface area contributed by atoms with E-state index in [0.717, 1.165) is 29.7 Å². The van der Waals surface area contributed by atoms with Crippen LogP contribution in [0.1, 0.15) is 36.3 Å². The molecule has 2 aromatic rings. The minimum atomic E-state index is -0.290. The Labute approximate surface area is 162 Å². The molecule has 0 spiro atoms. The molecular formula is C22H20O6. The second kappa shape index (κ2) is 6.48. The number of ketones is 1. The molecule has 0 radical (unpaired) electrons. The fraction of sp³-hybridized carbons (Fsp3) is 0.318. The average molecular weight is 380 g/mol. The Balaban J connectivity index is 1.74. The number of allylic oxidation sites excluding steroid dienone is 2. The van der Waals surface area contributed by atoms with Gasteiger partial charge in [0.2, 0.25) is 6.79 Å². The smallest absolute Gasteiger partial charge is 0.231 e. The molecule has 0 saturated heterocycles. The summed E-state index contributed by atoms with van der Waals surface area (Å²) in [4.78, 5) is 12.9. The Kier molecular flexibility index (Phi) is 3.93. The van der Waals surface area contributed by atoms with Crippen molar-refractivity contribution in [1.29, 1.82) is 0 Å². The number of hydrogen-bond donors (Lipinski definition) is 0. The zero-order valence-corrected chi connectivity index (χ0v) is 15.7. The van der Waals surface area contributed by atoms with Gasteiger partial charge in [-0.1, -0.05) is 6.07 Å². The summed E-state index contributed by atoms with van der Waals surface area (Å²) in [6.07, 6.45) is 2.06. The van der Waals surface area contributed by atoms with Gasteiger partial charge in [0.15, 0.2) is 17.3 Å². The first-order valence-corrected chi connectivity index (χ1v) is 9.29. The molecular weight excluding hydrogens is 360 g/mol. The molecule has 0 N–H and O–H groups in total. The van der Waals surface area contributed by atoms with Crippen molar-refractivity contribution in [2.24, 2.45) is 0 Å². The molecule has 3 aliphatic rings. The molecule has 0 aromatic heterocycles. The first-order chi connectivity index (χ1) is 13.7. The predicted molar refractivity (Wildman–Crippen MR) is 100 cm³/mol. The van der Waals surface area contributed by atoms with Crippen LogP contribution < -0.4 is 23.7 Å². The van der Waals surface area contributed by atoms with Crippen molar-refractivity contribution in [3.63, 3.8) is 0 Å². The summed E-state index contributed by atoms with van der Waals surface area (Å²) in [5, 5.41) is 0. The number of benzene rings is 2. The molecule has 28 heavy (non-hydrogen) atoms. The third-order valence-corrected chi connectivity index (χ3v) is 5.50. The van der Waals surface area contributed by atoms with Gasteiger partial charge >= 0.3 is 0 Å². The lowest BCUT2D eigenvalue weighted by atomic mass is 9.76. The molecule has 6 heteroatoms. The van der Waals surface area contributed by atoms with Gasteiger partial charge in [0, 0.05) is 47.6 Å². The van der Waals surface area contributed by atoms with Crippen LogP contribution in [0, 0.1) is 0 Å². The van der Waals surface area contributed by atoms with Gasteiger partial charge in [0.1, 0.15) is 23.0 Å². The van der Waals surface area contributed by atoms with Gasteiger partial charge in [0.05, 0.1) is 14.2 Å². The van der Waals surface area contributed by atoms with Crippen molar-refractivity contribution in [3.8, 4) is 28.7 Å². The zero-order valence-electron chi connectivity index (χ0n) is 15.7. The maximum Gasteiger partial charge on any atom is 0.231 e. The highest BCUT2D eigenvalue weighted by atomic mass is 16.7. The number of carbonyl (C=O) groups excluding carboxylic acids is 1. The standard InChI is InChI=1S/C22H20O6/c1-24-12-6-7-13(17(8-12)25-2)21-14-9-19-20(27-11-26-19)10-18(14)28-16-5-3-4-15(23)22(16)21/h6-10,21H,3-5,11H2,1-2H3/t21-/m0/s1. The molecule has 144 valence electrons. The maximum atomic E-state index is 12.9. The molecule has 0 saturated carbocycles. The second-order valence-electron chi connectivity index (χ2n) is 7.00. The number of carbonyl (C=O) groups is 1. The molecule has 5 rings (SSSR count). The van der Waals surface area contributed by atoms with Crippen molar-refractivity contribution >= 4 is 5.78 Å². The fourth-order valence-electron chi connectivity index (χ4n) is 4.18. The van der Waals surface area contributed by atoms with Gasteiger partial charge in [-0.3, -0.25) is 4.79 Å². The van der Waals surface area contributed by atoms with E-state index in [4.69, 9.17) is 23.7 Å². The van der Waals surface area contributed by atoms with E-state index in [1.807, 2.05) is 30.3 Å². The van der Waals surface area contributed by atoms with Crippen molar-refractivity contribution in [2.75, 3.05) is 21.0 Å². The highest BCUT2D eigenvalue weighted by Gasteiger charge is 2.39. The van der Waals surface area contributed by atoms with E-state index in [2.05, 4.69) is 0 Å². The van der Waals surface area contributed by atoms with Crippen LogP contribution in [-0.2, 0) is 4.79 Å². The number of fused-ring (bicyclic) bond motifs is 2. The van der Waals surface area contributed by atoms with E-state index < -0.39 is 0 Å². The van der Waals surface area contributed by atoms with Crippen LogP contribution in [-0.4, -0.2) is 26.8 Å². The largest absolute Gasteiger partial charge is 0.497 e. The molecule has 1 atom stereocenters. The fourth-order valence-corrected chi connectivity index (χ4v) is 4.18. The third-order valence-electron chi connectivity index (χ3n) is 5.50. The van der Waals surface area contributed by atoms with Gasteiger partial charge in [-0.25, -0.2) is 0 Å². The second-order valence-corrected chi connectivity index (χ2v) is 7.00. The summed E-state index contributed by atoms with van der Waals surface area (Å²) in [5.41, 5.74) is 2.48. The summed E-state index contributed by atoms with van der Waals surface area (Å²) >= 11 is 0. The molecule has 0 bridgehead atoms. The van der Waals surface area contributed by atoms with Crippen LogP contribution in [0.3, 0.4) is 0 Å². The topological polar surface area (TPSA) is 63.2 Å². The Morgan fingerprint density at radius 2 is 1.75 bits per heavy atom. The molecule has 2 aliphatic heterocycles. The molecule has 0 fully saturated rings. The zero-order chi connectivity index (χ0) is 19.3. The average Bonchev–Trinajstić information content (AvgIpc) is 3.17. The lowest BCUT2D eigenvalue weighted by Gasteiger charge is -2.33. The van der Waals surface area contributed by atoms with E-state index in [-0.39, 0.29) is 18.5 Å². The Morgan fingerprint density at radius 1 is 0.929 bits per heavy atom. The van der Waals surface area contributed by atoms with Crippen LogP contribution in [0.2, 0.25) is 0 Å². The van der Waals surface area contributed by atoms with Crippen molar-refractivity contribution in [2.45, 2.75) is 25.2 Å². The van der Waals surface area contributed by atoms with E-state index in [1.165, 1.54) is 0 Å². The summed E-state index contributed by atoms with van der Waals surface area (Å²) in [5.74, 6) is 3.95. The first-order valence-electron chi connectivity index (χ1n) is 9.29. The number of rotatable bonds is 3. The first kappa shape index (κ1) is 17.0. The monoisotopic (exact) mass is 380 g/mol. The predicted octanol–water partition coefficient (Wildman–Crippen LogP) is 3.96. The Hall–Kier alpha value is -3.15. The summed E-state index contributed by atoms with van der Waals surface area (Å²) < 4.78 is 28.2. The molecule has 6 nitrogen and oxygen atoms in total. The van der Waals surface area contributed by atoms with Gasteiger partial charge in [-0.15, -0.1) is 0 Å². The molecule has 0 unspecified atom stereocenters. The Morgan fingerprint density at radius 3 is 2.54 bits per heavy atom. The molecule has 0 amide bonds. The van der Waals surface area contributed by atoms with Crippen molar-refractivity contribution in [1.82, 2.24) is 0 Å². The lowest BCUT2D eigenvalue weighted by molar-refractivity contribution is -0.116.